The van der Waals surface area contributed by atoms with E-state index in [9.17, 15) is 0 Å². The number of nitrogens with zero attached hydrogens (tertiary/aromatic N) is 3. The summed E-state index contributed by atoms with van der Waals surface area (Å²) in [4.78, 5) is 15.5. The Bertz CT molecular complexity index is 2150. The fourth-order valence-electron chi connectivity index (χ4n) is 5.64. The molecule has 184 valence electrons. The summed E-state index contributed by atoms with van der Waals surface area (Å²) in [5.41, 5.74) is 6.75. The Kier molecular flexibility index (Phi) is 4.92. The van der Waals surface area contributed by atoms with Gasteiger partial charge in [-0.05, 0) is 47.5 Å². The van der Waals surface area contributed by atoms with Crippen LogP contribution in [0, 0.1) is 0 Å². The van der Waals surface area contributed by atoms with Crippen molar-refractivity contribution in [1.82, 2.24) is 9.97 Å². The smallest absolute Gasteiger partial charge is 0.160 e. The van der Waals surface area contributed by atoms with Gasteiger partial charge in [0, 0.05) is 27.3 Å². The third-order valence-corrected chi connectivity index (χ3v) is 7.59. The fourth-order valence-corrected chi connectivity index (χ4v) is 5.64. The number of hydrogen-bond acceptors (Lipinski definition) is 4. The van der Waals surface area contributed by atoms with Crippen molar-refractivity contribution in [2.45, 2.75) is 12.5 Å². The molecular formula is C35H23N3O. The van der Waals surface area contributed by atoms with Crippen LogP contribution in [0.3, 0.4) is 0 Å². The van der Waals surface area contributed by atoms with Crippen molar-refractivity contribution >= 4 is 38.9 Å². The zero-order valence-corrected chi connectivity index (χ0v) is 21.1. The van der Waals surface area contributed by atoms with Gasteiger partial charge in [0.15, 0.2) is 5.82 Å². The molecular weight excluding hydrogens is 478 g/mol. The third-order valence-electron chi connectivity index (χ3n) is 7.59. The van der Waals surface area contributed by atoms with Gasteiger partial charge in [-0.1, -0.05) is 91.0 Å². The van der Waals surface area contributed by atoms with Crippen molar-refractivity contribution < 1.29 is 4.42 Å². The van der Waals surface area contributed by atoms with Crippen LogP contribution in [0.1, 0.15) is 18.0 Å². The molecule has 0 N–H and O–H groups in total. The minimum atomic E-state index is 0.0662. The van der Waals surface area contributed by atoms with Gasteiger partial charge >= 0.3 is 0 Å². The van der Waals surface area contributed by atoms with E-state index in [0.717, 1.165) is 66.7 Å². The number of benzene rings is 5. The van der Waals surface area contributed by atoms with Crippen LogP contribution in [0.5, 0.6) is 0 Å². The molecule has 1 unspecified atom stereocenters. The predicted molar refractivity (Wildman–Crippen MR) is 157 cm³/mol. The second-order valence-electron chi connectivity index (χ2n) is 9.97. The maximum Gasteiger partial charge on any atom is 0.160 e. The number of hydrogen-bond donors (Lipinski definition) is 0. The molecule has 0 saturated carbocycles. The van der Waals surface area contributed by atoms with E-state index < -0.39 is 0 Å². The van der Waals surface area contributed by atoms with E-state index in [-0.39, 0.29) is 6.04 Å². The van der Waals surface area contributed by atoms with Crippen LogP contribution in [0.15, 0.2) is 125 Å². The molecule has 0 amide bonds. The SMILES string of the molecule is C1=c2ccc3c(-c4ccc5oc6ccccc6c5c4)nc(-c4ccccc4)nc3c2=NC(c2ccccc2)C1. The van der Waals surface area contributed by atoms with Crippen molar-refractivity contribution in [1.29, 1.82) is 0 Å². The standard InChI is InChI=1S/C35H23N3O/c1-3-9-22(10-4-1)29-19-16-23-15-18-27-32(25-17-20-31-28(21-25)26-13-7-8-14-30(26)39-31)37-35(24-11-5-2-6-12-24)38-34(27)33(23)36-29/h1-18,20-21,29H,19H2. The lowest BCUT2D eigenvalue weighted by Crippen LogP contribution is -2.30. The van der Waals surface area contributed by atoms with Crippen molar-refractivity contribution in [2.75, 3.05) is 0 Å². The van der Waals surface area contributed by atoms with Crippen molar-refractivity contribution in [3.63, 3.8) is 0 Å². The lowest BCUT2D eigenvalue weighted by molar-refractivity contribution is 0.669. The van der Waals surface area contributed by atoms with E-state index in [1.807, 2.05) is 48.5 Å². The van der Waals surface area contributed by atoms with E-state index in [1.165, 1.54) is 5.56 Å². The Morgan fingerprint density at radius 3 is 2.26 bits per heavy atom. The number of furan rings is 1. The molecule has 39 heavy (non-hydrogen) atoms. The maximum atomic E-state index is 6.10. The summed E-state index contributed by atoms with van der Waals surface area (Å²) >= 11 is 0. The average molecular weight is 502 g/mol. The minimum absolute atomic E-state index is 0.0662. The average Bonchev–Trinajstić information content (AvgIpc) is 3.39. The molecule has 8 rings (SSSR count). The topological polar surface area (TPSA) is 51.3 Å². The largest absolute Gasteiger partial charge is 0.456 e. The van der Waals surface area contributed by atoms with Gasteiger partial charge in [0.25, 0.3) is 0 Å². The summed E-state index contributed by atoms with van der Waals surface area (Å²) in [6.07, 6.45) is 3.16. The second kappa shape index (κ2) is 8.74. The van der Waals surface area contributed by atoms with Crippen molar-refractivity contribution in [3.8, 4) is 22.6 Å². The van der Waals surface area contributed by atoms with Gasteiger partial charge in [-0.15, -0.1) is 0 Å². The molecule has 7 aromatic rings. The molecule has 2 aromatic heterocycles. The van der Waals surface area contributed by atoms with E-state index in [2.05, 4.69) is 72.8 Å². The van der Waals surface area contributed by atoms with Gasteiger partial charge in [-0.2, -0.15) is 0 Å². The Hall–Kier alpha value is -5.09. The quantitative estimate of drug-likeness (QED) is 0.253. The van der Waals surface area contributed by atoms with Gasteiger partial charge in [0.2, 0.25) is 0 Å². The van der Waals surface area contributed by atoms with Crippen molar-refractivity contribution in [2.24, 2.45) is 4.99 Å². The molecule has 0 bridgehead atoms. The van der Waals surface area contributed by atoms with Crippen LogP contribution in [0.4, 0.5) is 0 Å². The monoisotopic (exact) mass is 501 g/mol. The molecule has 0 fully saturated rings. The highest BCUT2D eigenvalue weighted by Crippen LogP contribution is 2.34. The Balaban J connectivity index is 1.43. The van der Waals surface area contributed by atoms with E-state index in [0.29, 0.717) is 5.82 Å². The molecule has 1 aliphatic rings. The number of para-hydroxylation sites is 1. The van der Waals surface area contributed by atoms with Gasteiger partial charge in [-0.25, -0.2) is 9.97 Å². The van der Waals surface area contributed by atoms with E-state index in [4.69, 9.17) is 19.4 Å². The Labute approximate surface area is 224 Å². The first-order valence-electron chi connectivity index (χ1n) is 13.2. The highest BCUT2D eigenvalue weighted by atomic mass is 16.3. The summed E-state index contributed by atoms with van der Waals surface area (Å²) in [5, 5.41) is 5.23. The minimum Gasteiger partial charge on any atom is -0.456 e. The molecule has 4 heteroatoms. The van der Waals surface area contributed by atoms with Crippen LogP contribution in [0.25, 0.3) is 61.6 Å². The lowest BCUT2D eigenvalue weighted by atomic mass is 9.99. The molecule has 5 aromatic carbocycles. The molecule has 0 aliphatic carbocycles. The van der Waals surface area contributed by atoms with Crippen LogP contribution in [-0.2, 0) is 0 Å². The fraction of sp³-hybridized carbons (Fsp3) is 0.0571. The summed E-state index contributed by atoms with van der Waals surface area (Å²) < 4.78 is 6.10. The first kappa shape index (κ1) is 21.9. The zero-order chi connectivity index (χ0) is 25.8. The van der Waals surface area contributed by atoms with Gasteiger partial charge < -0.3 is 4.42 Å². The molecule has 3 heterocycles. The zero-order valence-electron chi connectivity index (χ0n) is 21.1. The number of fused-ring (bicyclic) bond motifs is 6. The number of aromatic nitrogens is 2. The molecule has 0 spiro atoms. The van der Waals surface area contributed by atoms with Gasteiger partial charge in [0.1, 0.15) is 16.7 Å². The molecule has 4 nitrogen and oxygen atoms in total. The van der Waals surface area contributed by atoms with E-state index >= 15 is 0 Å². The van der Waals surface area contributed by atoms with Gasteiger partial charge in [-0.3, -0.25) is 4.99 Å². The summed E-state index contributed by atoms with van der Waals surface area (Å²) in [5.74, 6) is 0.695. The highest BCUT2D eigenvalue weighted by Gasteiger charge is 2.18. The summed E-state index contributed by atoms with van der Waals surface area (Å²) in [6, 6.07) is 39.5. The second-order valence-corrected chi connectivity index (χ2v) is 9.97. The number of rotatable bonds is 3. The first-order valence-corrected chi connectivity index (χ1v) is 13.2. The van der Waals surface area contributed by atoms with Crippen LogP contribution in [-0.4, -0.2) is 9.97 Å². The normalized spacial score (nSPS) is 14.7. The highest BCUT2D eigenvalue weighted by molar-refractivity contribution is 6.07. The lowest BCUT2D eigenvalue weighted by Gasteiger charge is -2.16. The van der Waals surface area contributed by atoms with E-state index in [1.54, 1.807) is 0 Å². The van der Waals surface area contributed by atoms with Crippen LogP contribution < -0.4 is 10.6 Å². The maximum absolute atomic E-state index is 6.10. The third kappa shape index (κ3) is 3.64. The molecule has 0 radical (unpaired) electrons. The predicted octanol–water partition coefficient (Wildman–Crippen LogP) is 7.41. The molecule has 1 atom stereocenters. The van der Waals surface area contributed by atoms with Crippen LogP contribution in [0.2, 0.25) is 0 Å². The molecule has 1 aliphatic heterocycles. The first-order chi connectivity index (χ1) is 19.3. The molecule has 0 saturated heterocycles. The Morgan fingerprint density at radius 1 is 0.615 bits per heavy atom. The summed E-state index contributed by atoms with van der Waals surface area (Å²) in [7, 11) is 0. The van der Waals surface area contributed by atoms with Crippen molar-refractivity contribution in [3.05, 3.63) is 131 Å². The van der Waals surface area contributed by atoms with Gasteiger partial charge in [0.05, 0.1) is 17.1 Å². The van der Waals surface area contributed by atoms with Crippen LogP contribution >= 0.6 is 0 Å². The Morgan fingerprint density at radius 2 is 1.38 bits per heavy atom. The summed E-state index contributed by atoms with van der Waals surface area (Å²) in [6.45, 7) is 0.